The zero-order valence-electron chi connectivity index (χ0n) is 12.0. The van der Waals surface area contributed by atoms with E-state index in [9.17, 15) is 4.79 Å². The smallest absolute Gasteiger partial charge is 0.228 e. The first-order valence-electron chi connectivity index (χ1n) is 7.02. The lowest BCUT2D eigenvalue weighted by Crippen LogP contribution is -2.37. The van der Waals surface area contributed by atoms with Gasteiger partial charge in [0.05, 0.1) is 0 Å². The maximum atomic E-state index is 12.2. The lowest BCUT2D eigenvalue weighted by atomic mass is 9.88. The number of carbonyl (C=O) groups excluding carboxylic acids is 1. The largest absolute Gasteiger partial charge is 0.382 e. The molecule has 4 heteroatoms. The maximum absolute atomic E-state index is 12.2. The number of ether oxygens (including phenoxy) is 1. The summed E-state index contributed by atoms with van der Waals surface area (Å²) in [5, 5.41) is 0. The molecule has 19 heavy (non-hydrogen) atoms. The van der Waals surface area contributed by atoms with Crippen LogP contribution in [0, 0.1) is 6.92 Å². The summed E-state index contributed by atoms with van der Waals surface area (Å²) in [7, 11) is 0. The van der Waals surface area contributed by atoms with Crippen molar-refractivity contribution in [3.63, 3.8) is 0 Å². The van der Waals surface area contributed by atoms with Crippen molar-refractivity contribution in [3.8, 4) is 0 Å². The molecule has 0 aliphatic carbocycles. The minimum atomic E-state index is 0.174. The zero-order valence-corrected chi connectivity index (χ0v) is 12.0. The van der Waals surface area contributed by atoms with E-state index in [0.717, 1.165) is 24.4 Å². The quantitative estimate of drug-likeness (QED) is 0.766. The highest BCUT2D eigenvalue weighted by Gasteiger charge is 2.31. The molecule has 1 aliphatic rings. The van der Waals surface area contributed by atoms with E-state index in [1.165, 1.54) is 5.56 Å². The molecule has 0 fully saturated rings. The van der Waals surface area contributed by atoms with E-state index in [4.69, 9.17) is 4.74 Å². The van der Waals surface area contributed by atoms with E-state index >= 15 is 0 Å². The molecular weight excluding hydrogens is 240 g/mol. The Hall–Kier alpha value is -1.42. The van der Waals surface area contributed by atoms with Gasteiger partial charge in [-0.1, -0.05) is 6.07 Å². The highest BCUT2D eigenvalue weighted by atomic mass is 16.5. The minimum absolute atomic E-state index is 0.174. The van der Waals surface area contributed by atoms with Gasteiger partial charge >= 0.3 is 0 Å². The second-order valence-corrected chi connectivity index (χ2v) is 4.95. The number of rotatable bonds is 5. The van der Waals surface area contributed by atoms with Crippen LogP contribution in [0.3, 0.4) is 0 Å². The molecule has 2 rings (SSSR count). The van der Waals surface area contributed by atoms with E-state index in [1.807, 2.05) is 27.0 Å². The average molecular weight is 262 g/mol. The first kappa shape index (κ1) is 14.0. The molecule has 1 aliphatic heterocycles. The molecule has 0 N–H and O–H groups in total. The van der Waals surface area contributed by atoms with Crippen LogP contribution in [0.2, 0.25) is 0 Å². The van der Waals surface area contributed by atoms with Crippen molar-refractivity contribution in [1.29, 1.82) is 0 Å². The van der Waals surface area contributed by atoms with Crippen molar-refractivity contribution in [2.24, 2.45) is 0 Å². The molecule has 0 radical (unpaired) electrons. The van der Waals surface area contributed by atoms with Crippen molar-refractivity contribution in [2.75, 3.05) is 24.7 Å². The molecule has 1 aromatic rings. The summed E-state index contributed by atoms with van der Waals surface area (Å²) in [5.41, 5.74) is 2.34. The second kappa shape index (κ2) is 6.15. The van der Waals surface area contributed by atoms with Gasteiger partial charge < -0.3 is 4.74 Å². The highest BCUT2D eigenvalue weighted by Crippen LogP contribution is 2.36. The molecule has 0 saturated heterocycles. The fourth-order valence-electron chi connectivity index (χ4n) is 2.61. The summed E-state index contributed by atoms with van der Waals surface area (Å²) in [6.07, 6.45) is 3.29. The number of hydrogen-bond donors (Lipinski definition) is 0. The Morgan fingerprint density at radius 2 is 2.26 bits per heavy atom. The molecule has 1 amide bonds. The second-order valence-electron chi connectivity index (χ2n) is 4.95. The van der Waals surface area contributed by atoms with E-state index in [2.05, 4.69) is 11.1 Å². The third kappa shape index (κ3) is 2.95. The van der Waals surface area contributed by atoms with Crippen LogP contribution in [-0.4, -0.2) is 30.6 Å². The molecule has 0 aromatic carbocycles. The van der Waals surface area contributed by atoms with Crippen LogP contribution in [0.15, 0.2) is 12.3 Å². The van der Waals surface area contributed by atoms with Crippen LogP contribution in [0.1, 0.15) is 43.7 Å². The monoisotopic (exact) mass is 262 g/mol. The SMILES string of the molecule is CCOCC[C@H]1CC(=O)N(CC)c2ncc(C)cc21. The molecular formula is C15H22N2O2. The average Bonchev–Trinajstić information content (AvgIpc) is 2.39. The number of carbonyl (C=O) groups is 1. The number of fused-ring (bicyclic) bond motifs is 1. The van der Waals surface area contributed by atoms with Gasteiger partial charge in [0.1, 0.15) is 5.82 Å². The molecule has 0 saturated carbocycles. The predicted molar refractivity (Wildman–Crippen MR) is 75.5 cm³/mol. The Morgan fingerprint density at radius 3 is 2.95 bits per heavy atom. The Balaban J connectivity index is 2.28. The number of aryl methyl sites for hydroxylation is 1. The topological polar surface area (TPSA) is 42.4 Å². The molecule has 104 valence electrons. The number of nitrogens with zero attached hydrogens (tertiary/aromatic N) is 2. The van der Waals surface area contributed by atoms with Crippen molar-refractivity contribution in [3.05, 3.63) is 23.4 Å². The van der Waals surface area contributed by atoms with E-state index in [-0.39, 0.29) is 11.8 Å². The number of amides is 1. The first-order valence-corrected chi connectivity index (χ1v) is 7.02. The van der Waals surface area contributed by atoms with Crippen molar-refractivity contribution >= 4 is 11.7 Å². The lowest BCUT2D eigenvalue weighted by Gasteiger charge is -2.32. The third-order valence-corrected chi connectivity index (χ3v) is 3.58. The van der Waals surface area contributed by atoms with Gasteiger partial charge in [-0.15, -0.1) is 0 Å². The van der Waals surface area contributed by atoms with Crippen LogP contribution >= 0.6 is 0 Å². The van der Waals surface area contributed by atoms with Crippen LogP contribution in [-0.2, 0) is 9.53 Å². The van der Waals surface area contributed by atoms with Gasteiger partial charge in [-0.3, -0.25) is 9.69 Å². The Bertz CT molecular complexity index is 459. The summed E-state index contributed by atoms with van der Waals surface area (Å²) in [6.45, 7) is 8.13. The summed E-state index contributed by atoms with van der Waals surface area (Å²) in [4.78, 5) is 18.4. The molecule has 0 bridgehead atoms. The van der Waals surface area contributed by atoms with Crippen LogP contribution in [0.5, 0.6) is 0 Å². The maximum Gasteiger partial charge on any atom is 0.228 e. The molecule has 2 heterocycles. The van der Waals surface area contributed by atoms with Gasteiger partial charge in [0.25, 0.3) is 0 Å². The van der Waals surface area contributed by atoms with E-state index < -0.39 is 0 Å². The number of anilines is 1. The molecule has 0 unspecified atom stereocenters. The van der Waals surface area contributed by atoms with Gasteiger partial charge in [-0.05, 0) is 44.2 Å². The van der Waals surface area contributed by atoms with E-state index in [1.54, 1.807) is 4.90 Å². The van der Waals surface area contributed by atoms with Gasteiger partial charge in [-0.2, -0.15) is 0 Å². The van der Waals surface area contributed by atoms with Crippen molar-refractivity contribution in [1.82, 2.24) is 4.98 Å². The minimum Gasteiger partial charge on any atom is -0.382 e. The van der Waals surface area contributed by atoms with Gasteiger partial charge in [0, 0.05) is 32.4 Å². The third-order valence-electron chi connectivity index (χ3n) is 3.58. The normalized spacial score (nSPS) is 18.6. The zero-order chi connectivity index (χ0) is 13.8. The number of pyridine rings is 1. The first-order chi connectivity index (χ1) is 9.17. The number of aromatic nitrogens is 1. The highest BCUT2D eigenvalue weighted by molar-refractivity contribution is 5.96. The summed E-state index contributed by atoms with van der Waals surface area (Å²) in [6, 6.07) is 2.16. The van der Waals surface area contributed by atoms with Gasteiger partial charge in [-0.25, -0.2) is 4.98 Å². The van der Waals surface area contributed by atoms with Gasteiger partial charge in [0.15, 0.2) is 0 Å². The summed E-state index contributed by atoms with van der Waals surface area (Å²) < 4.78 is 5.42. The fraction of sp³-hybridized carbons (Fsp3) is 0.600. The summed E-state index contributed by atoms with van der Waals surface area (Å²) >= 11 is 0. The fourth-order valence-corrected chi connectivity index (χ4v) is 2.61. The van der Waals surface area contributed by atoms with Crippen LogP contribution in [0.4, 0.5) is 5.82 Å². The number of hydrogen-bond acceptors (Lipinski definition) is 3. The Morgan fingerprint density at radius 1 is 1.47 bits per heavy atom. The Labute approximate surface area is 114 Å². The predicted octanol–water partition coefficient (Wildman–Crippen LogP) is 2.66. The molecule has 1 aromatic heterocycles. The summed E-state index contributed by atoms with van der Waals surface area (Å²) in [5.74, 6) is 1.25. The lowest BCUT2D eigenvalue weighted by molar-refractivity contribution is -0.119. The standard InChI is InChI=1S/C15H22N2O2/c1-4-17-14(18)9-12(6-7-19-5-2)13-8-11(3)10-16-15(13)17/h8,10,12H,4-7,9H2,1-3H3/t12-/m0/s1. The molecule has 0 spiro atoms. The van der Waals surface area contributed by atoms with Crippen LogP contribution in [0.25, 0.3) is 0 Å². The molecule has 1 atom stereocenters. The van der Waals surface area contributed by atoms with Crippen molar-refractivity contribution < 1.29 is 9.53 Å². The van der Waals surface area contributed by atoms with Gasteiger partial charge in [0.2, 0.25) is 5.91 Å². The van der Waals surface area contributed by atoms with Crippen molar-refractivity contribution in [2.45, 2.75) is 39.5 Å². The Kier molecular flexibility index (Phi) is 4.53. The molecule has 4 nitrogen and oxygen atoms in total. The van der Waals surface area contributed by atoms with E-state index in [0.29, 0.717) is 19.6 Å². The van der Waals surface area contributed by atoms with Crippen LogP contribution < -0.4 is 4.90 Å².